The molecular weight excluding hydrogens is 271 g/mol. The number of sulfone groups is 1. The third-order valence-corrected chi connectivity index (χ3v) is 4.37. The van der Waals surface area contributed by atoms with Crippen LogP contribution in [0, 0.1) is 0 Å². The van der Waals surface area contributed by atoms with Gasteiger partial charge in [0.05, 0.1) is 22.9 Å². The Morgan fingerprint density at radius 1 is 1.38 bits per heavy atom. The standard InChI is InChI=1S/C7H9ClF3NO3S/c8-4-2-16(14,15)3-5(4)12-6(13)1-7(9,10)11/h4-5H,1-3H2,(H,12,13). The van der Waals surface area contributed by atoms with Crippen molar-refractivity contribution < 1.29 is 26.4 Å². The molecule has 1 amide bonds. The van der Waals surface area contributed by atoms with Crippen molar-refractivity contribution in [3.8, 4) is 0 Å². The molecule has 94 valence electrons. The molecule has 0 aromatic heterocycles. The summed E-state index contributed by atoms with van der Waals surface area (Å²) in [7, 11) is -3.36. The fraction of sp³-hybridized carbons (Fsp3) is 0.857. The Bertz CT molecular complexity index is 381. The second kappa shape index (κ2) is 4.40. The highest BCUT2D eigenvalue weighted by Gasteiger charge is 2.39. The minimum Gasteiger partial charge on any atom is -0.351 e. The summed E-state index contributed by atoms with van der Waals surface area (Å²) in [6.45, 7) is 0. The van der Waals surface area contributed by atoms with Gasteiger partial charge in [-0.25, -0.2) is 8.42 Å². The highest BCUT2D eigenvalue weighted by atomic mass is 35.5. The summed E-state index contributed by atoms with van der Waals surface area (Å²) in [5.74, 6) is -2.00. The molecule has 2 atom stereocenters. The summed E-state index contributed by atoms with van der Waals surface area (Å²) in [4.78, 5) is 10.9. The molecule has 0 spiro atoms. The monoisotopic (exact) mass is 279 g/mol. The first-order chi connectivity index (χ1) is 7.09. The lowest BCUT2D eigenvalue weighted by Crippen LogP contribution is -2.42. The summed E-state index contributed by atoms with van der Waals surface area (Å²) in [5.41, 5.74) is 0. The molecule has 1 N–H and O–H groups in total. The summed E-state index contributed by atoms with van der Waals surface area (Å²) in [6.07, 6.45) is -6.24. The molecule has 2 unspecified atom stereocenters. The van der Waals surface area contributed by atoms with E-state index in [4.69, 9.17) is 11.6 Å². The third kappa shape index (κ3) is 4.17. The number of carbonyl (C=O) groups excluding carboxylic acids is 1. The van der Waals surface area contributed by atoms with Crippen molar-refractivity contribution in [1.82, 2.24) is 5.32 Å². The lowest BCUT2D eigenvalue weighted by atomic mass is 10.2. The average Bonchev–Trinajstić information content (AvgIpc) is 2.19. The first kappa shape index (κ1) is 13.6. The van der Waals surface area contributed by atoms with E-state index in [9.17, 15) is 26.4 Å². The summed E-state index contributed by atoms with van der Waals surface area (Å²) in [6, 6.07) is -0.943. The summed E-state index contributed by atoms with van der Waals surface area (Å²) < 4.78 is 57.6. The molecule has 1 aliphatic rings. The number of halogens is 4. The smallest absolute Gasteiger partial charge is 0.351 e. The highest BCUT2D eigenvalue weighted by molar-refractivity contribution is 7.91. The molecule has 0 radical (unpaired) electrons. The van der Waals surface area contributed by atoms with Gasteiger partial charge >= 0.3 is 6.18 Å². The zero-order valence-electron chi connectivity index (χ0n) is 7.92. The quantitative estimate of drug-likeness (QED) is 0.747. The molecule has 0 aromatic carbocycles. The topological polar surface area (TPSA) is 63.2 Å². The van der Waals surface area contributed by atoms with Crippen molar-refractivity contribution in [1.29, 1.82) is 0 Å². The lowest BCUT2D eigenvalue weighted by Gasteiger charge is -2.14. The molecule has 1 fully saturated rings. The first-order valence-corrected chi connectivity index (χ1v) is 6.55. The van der Waals surface area contributed by atoms with Gasteiger partial charge in [-0.05, 0) is 0 Å². The van der Waals surface area contributed by atoms with Gasteiger partial charge in [-0.15, -0.1) is 11.6 Å². The largest absolute Gasteiger partial charge is 0.397 e. The molecule has 0 bridgehead atoms. The van der Waals surface area contributed by atoms with E-state index in [-0.39, 0.29) is 5.75 Å². The molecule has 16 heavy (non-hydrogen) atoms. The van der Waals surface area contributed by atoms with Gasteiger partial charge in [0.25, 0.3) is 0 Å². The van der Waals surface area contributed by atoms with Gasteiger partial charge in [0, 0.05) is 0 Å². The molecule has 1 aliphatic heterocycles. The maximum Gasteiger partial charge on any atom is 0.397 e. The van der Waals surface area contributed by atoms with E-state index < -0.39 is 45.5 Å². The van der Waals surface area contributed by atoms with E-state index >= 15 is 0 Å². The molecular formula is C7H9ClF3NO3S. The lowest BCUT2D eigenvalue weighted by molar-refractivity contribution is -0.154. The minimum absolute atomic E-state index is 0.328. The number of hydrogen-bond acceptors (Lipinski definition) is 3. The van der Waals surface area contributed by atoms with E-state index in [2.05, 4.69) is 0 Å². The number of hydrogen-bond donors (Lipinski definition) is 1. The second-order valence-electron chi connectivity index (χ2n) is 3.56. The van der Waals surface area contributed by atoms with Crippen LogP contribution in [0.4, 0.5) is 13.2 Å². The predicted molar refractivity (Wildman–Crippen MR) is 50.9 cm³/mol. The Balaban J connectivity index is 2.53. The Kier molecular flexibility index (Phi) is 3.73. The van der Waals surface area contributed by atoms with Crippen molar-refractivity contribution in [2.45, 2.75) is 24.0 Å². The van der Waals surface area contributed by atoms with Crippen LogP contribution in [0.25, 0.3) is 0 Å². The number of nitrogens with one attached hydrogen (secondary N) is 1. The number of amides is 1. The summed E-state index contributed by atoms with van der Waals surface area (Å²) >= 11 is 5.60. The van der Waals surface area contributed by atoms with Gasteiger partial charge in [0.15, 0.2) is 9.84 Å². The second-order valence-corrected chi connectivity index (χ2v) is 6.27. The van der Waals surface area contributed by atoms with Gasteiger partial charge in [-0.2, -0.15) is 13.2 Å². The van der Waals surface area contributed by atoms with E-state index in [1.54, 1.807) is 0 Å². The van der Waals surface area contributed by atoms with Gasteiger partial charge in [-0.1, -0.05) is 0 Å². The summed E-state index contributed by atoms with van der Waals surface area (Å²) in [5, 5.41) is 1.10. The van der Waals surface area contributed by atoms with E-state index in [0.29, 0.717) is 0 Å². The van der Waals surface area contributed by atoms with E-state index in [1.807, 2.05) is 5.32 Å². The van der Waals surface area contributed by atoms with Crippen molar-refractivity contribution >= 4 is 27.3 Å². The number of carbonyl (C=O) groups is 1. The number of alkyl halides is 4. The molecule has 1 rings (SSSR count). The fourth-order valence-corrected chi connectivity index (χ4v) is 3.93. The molecule has 0 saturated carbocycles. The van der Waals surface area contributed by atoms with Crippen LogP contribution in [0.2, 0.25) is 0 Å². The van der Waals surface area contributed by atoms with Gasteiger partial charge in [0.2, 0.25) is 5.91 Å². The van der Waals surface area contributed by atoms with Gasteiger partial charge < -0.3 is 5.32 Å². The Labute approximate surface area is 95.1 Å². The predicted octanol–water partition coefficient (Wildman–Crippen LogP) is 0.459. The maximum atomic E-state index is 11.8. The number of rotatable bonds is 2. The van der Waals surface area contributed by atoms with Crippen LogP contribution in [0.15, 0.2) is 0 Å². The Hall–Kier alpha value is -0.500. The fourth-order valence-electron chi connectivity index (χ4n) is 1.38. The normalized spacial score (nSPS) is 29.0. The van der Waals surface area contributed by atoms with Crippen LogP contribution >= 0.6 is 11.6 Å². The van der Waals surface area contributed by atoms with Crippen molar-refractivity contribution in [3.63, 3.8) is 0 Å². The molecule has 1 saturated heterocycles. The SMILES string of the molecule is O=C(CC(F)(F)F)NC1CS(=O)(=O)CC1Cl. The van der Waals surface area contributed by atoms with Crippen LogP contribution in [-0.2, 0) is 14.6 Å². The molecule has 1 heterocycles. The molecule has 9 heteroatoms. The Morgan fingerprint density at radius 2 is 1.94 bits per heavy atom. The van der Waals surface area contributed by atoms with Crippen LogP contribution in [0.5, 0.6) is 0 Å². The highest BCUT2D eigenvalue weighted by Crippen LogP contribution is 2.21. The molecule has 0 aliphatic carbocycles. The third-order valence-electron chi connectivity index (χ3n) is 1.99. The van der Waals surface area contributed by atoms with Gasteiger partial charge in [-0.3, -0.25) is 4.79 Å². The van der Waals surface area contributed by atoms with Crippen molar-refractivity contribution in [2.24, 2.45) is 0 Å². The van der Waals surface area contributed by atoms with Crippen LogP contribution in [0.3, 0.4) is 0 Å². The van der Waals surface area contributed by atoms with Crippen LogP contribution in [-0.4, -0.2) is 43.4 Å². The molecule has 0 aromatic rings. The van der Waals surface area contributed by atoms with Crippen LogP contribution in [0.1, 0.15) is 6.42 Å². The zero-order valence-corrected chi connectivity index (χ0v) is 9.49. The minimum atomic E-state index is -4.61. The Morgan fingerprint density at radius 3 is 2.31 bits per heavy atom. The van der Waals surface area contributed by atoms with Crippen LogP contribution < -0.4 is 5.32 Å². The zero-order chi connectivity index (χ0) is 12.6. The van der Waals surface area contributed by atoms with Crippen molar-refractivity contribution in [2.75, 3.05) is 11.5 Å². The maximum absolute atomic E-state index is 11.8. The van der Waals surface area contributed by atoms with E-state index in [1.165, 1.54) is 0 Å². The van der Waals surface area contributed by atoms with Crippen molar-refractivity contribution in [3.05, 3.63) is 0 Å². The average molecular weight is 280 g/mol. The first-order valence-electron chi connectivity index (χ1n) is 4.30. The molecule has 4 nitrogen and oxygen atoms in total. The van der Waals surface area contributed by atoms with E-state index in [0.717, 1.165) is 0 Å². The van der Waals surface area contributed by atoms with Gasteiger partial charge in [0.1, 0.15) is 6.42 Å².